The van der Waals surface area contributed by atoms with Crippen molar-refractivity contribution < 1.29 is 19.1 Å². The molecule has 0 aliphatic rings. The van der Waals surface area contributed by atoms with Crippen LogP contribution in [0.3, 0.4) is 0 Å². The van der Waals surface area contributed by atoms with Crippen LogP contribution in [0.1, 0.15) is 28.4 Å². The van der Waals surface area contributed by atoms with Crippen LogP contribution in [0.5, 0.6) is 0 Å². The highest BCUT2D eigenvalue weighted by Crippen LogP contribution is 2.24. The summed E-state index contributed by atoms with van der Waals surface area (Å²) in [6.45, 7) is 1.12. The number of amides is 1. The first kappa shape index (κ1) is 29.9. The summed E-state index contributed by atoms with van der Waals surface area (Å²) < 4.78 is 6.79. The molecule has 2 aromatic carbocycles. The minimum Gasteiger partial charge on any atom is -0.392 e. The molecule has 0 radical (unpaired) electrons. The lowest BCUT2D eigenvalue weighted by Crippen LogP contribution is -2.47. The largest absolute Gasteiger partial charge is 0.392 e. The number of nitrogens with zero attached hydrogens (tertiary/aromatic N) is 2. The van der Waals surface area contributed by atoms with Crippen molar-refractivity contribution in [1.29, 1.82) is 0 Å². The Hall–Kier alpha value is -4.62. The molecule has 6 N–H and O–H groups in total. The second kappa shape index (κ2) is 13.0. The molecular weight excluding hydrogens is 542 g/mol. The van der Waals surface area contributed by atoms with Gasteiger partial charge in [-0.05, 0) is 22.8 Å². The Morgan fingerprint density at radius 1 is 1.00 bits per heavy atom. The number of ether oxygens (including phenoxy) is 1. The molecule has 0 saturated carbocycles. The van der Waals surface area contributed by atoms with E-state index < -0.39 is 35.1 Å². The van der Waals surface area contributed by atoms with E-state index in [-0.39, 0.29) is 34.9 Å². The monoisotopic (exact) mass is 571 g/mol. The van der Waals surface area contributed by atoms with Crippen molar-refractivity contribution in [3.63, 3.8) is 0 Å². The van der Waals surface area contributed by atoms with Crippen molar-refractivity contribution >= 4 is 35.3 Å². The summed E-state index contributed by atoms with van der Waals surface area (Å²) in [4.78, 5) is 63.1. The molecule has 1 amide bonds. The topological polar surface area (TPSA) is 179 Å². The van der Waals surface area contributed by atoms with E-state index in [4.69, 9.17) is 22.1 Å². The molecule has 0 spiro atoms. The number of nitrogens with one attached hydrogen (secondary N) is 4. The predicted molar refractivity (Wildman–Crippen MR) is 152 cm³/mol. The summed E-state index contributed by atoms with van der Waals surface area (Å²) in [5.41, 5.74) is 11.7. The highest BCUT2D eigenvalue weighted by molar-refractivity contribution is 6.34. The maximum absolute atomic E-state index is 13.1. The first-order chi connectivity index (χ1) is 19.1. The number of halogens is 1. The molecule has 1 heterocycles. The van der Waals surface area contributed by atoms with Gasteiger partial charge in [0.15, 0.2) is 0 Å². The molecule has 212 valence electrons. The zero-order valence-electron chi connectivity index (χ0n) is 22.3. The van der Waals surface area contributed by atoms with Crippen molar-refractivity contribution in [1.82, 2.24) is 14.7 Å². The Balaban J connectivity index is 1.98. The van der Waals surface area contributed by atoms with Crippen molar-refractivity contribution in [2.45, 2.75) is 25.9 Å². The third kappa shape index (κ3) is 6.16. The normalized spacial score (nSPS) is 11.3. The lowest BCUT2D eigenvalue weighted by atomic mass is 10.0. The van der Waals surface area contributed by atoms with Crippen molar-refractivity contribution in [3.8, 4) is 11.1 Å². The highest BCUT2D eigenvalue weighted by Gasteiger charge is 2.27. The Labute approximate surface area is 234 Å². The summed E-state index contributed by atoms with van der Waals surface area (Å²) in [6, 6.07) is 10.1. The fourth-order valence-electron chi connectivity index (χ4n) is 4.18. The van der Waals surface area contributed by atoms with Crippen LogP contribution in [0.15, 0.2) is 52.1 Å². The Bertz CT molecular complexity index is 1550. The van der Waals surface area contributed by atoms with Crippen molar-refractivity contribution in [2.75, 3.05) is 37.3 Å². The first-order valence-corrected chi connectivity index (χ1v) is 12.5. The van der Waals surface area contributed by atoms with Crippen LogP contribution in [-0.4, -0.2) is 54.4 Å². The third-order valence-electron chi connectivity index (χ3n) is 6.01. The van der Waals surface area contributed by atoms with Gasteiger partial charge in [0.2, 0.25) is 0 Å². The smallest absolute Gasteiger partial charge is 0.370 e. The van der Waals surface area contributed by atoms with Crippen LogP contribution in [0.25, 0.3) is 11.1 Å². The highest BCUT2D eigenvalue weighted by atomic mass is 35.5. The number of esters is 2. The number of hydrogen-bond acceptors (Lipinski definition) is 10. The average Bonchev–Trinajstić information content (AvgIpc) is 2.92. The average molecular weight is 572 g/mol. The molecule has 0 aliphatic heterocycles. The van der Waals surface area contributed by atoms with E-state index in [1.165, 1.54) is 24.8 Å². The van der Waals surface area contributed by atoms with E-state index in [0.717, 1.165) is 11.6 Å². The summed E-state index contributed by atoms with van der Waals surface area (Å²) >= 11 is 6.23. The minimum absolute atomic E-state index is 0.0397. The Kier molecular flexibility index (Phi) is 9.69. The number of benzene rings is 2. The number of nitrogens with two attached hydrogens (primary N) is 1. The summed E-state index contributed by atoms with van der Waals surface area (Å²) in [6.07, 6.45) is -0.0454. The quantitative estimate of drug-likeness (QED) is 0.171. The number of anilines is 1. The standard InChI is InChI=1S/C26H30ClN7O6/c1-14(35)40-25(38)19(32-23(36)20-17(13-28)6-5-7-18(20)27)12-15-8-10-16(11-9-15)21-22(29-2)33(30-3)26(39)34(31-4)24(21)37/h5-11,19,29-31H,12-13,28H2,1-4H3,(H,32,36)/t19-/m0/s1. The van der Waals surface area contributed by atoms with E-state index >= 15 is 0 Å². The molecule has 0 unspecified atom stereocenters. The van der Waals surface area contributed by atoms with Gasteiger partial charge in [0.25, 0.3) is 11.5 Å². The van der Waals surface area contributed by atoms with E-state index in [1.54, 1.807) is 43.4 Å². The van der Waals surface area contributed by atoms with Gasteiger partial charge in [-0.3, -0.25) is 14.4 Å². The van der Waals surface area contributed by atoms with Gasteiger partial charge in [-0.15, -0.1) is 0 Å². The SMILES string of the molecule is CNc1c(-c2ccc(C[C@H](NC(=O)c3c(Cl)cccc3CN)C(=O)OC(C)=O)cc2)c(=O)n(NC)c(=O)n1NC. The summed E-state index contributed by atoms with van der Waals surface area (Å²) in [5.74, 6) is -2.21. The second-order valence-corrected chi connectivity index (χ2v) is 8.90. The van der Waals surface area contributed by atoms with Gasteiger partial charge in [-0.25, -0.2) is 9.59 Å². The fourth-order valence-corrected chi connectivity index (χ4v) is 4.46. The minimum atomic E-state index is -1.25. The predicted octanol–water partition coefficient (Wildman–Crippen LogP) is 0.608. The number of aromatic nitrogens is 2. The molecular formula is C26H30ClN7O6. The fraction of sp³-hybridized carbons (Fsp3) is 0.269. The van der Waals surface area contributed by atoms with Crippen LogP contribution in [0, 0.1) is 0 Å². The van der Waals surface area contributed by atoms with Crippen LogP contribution >= 0.6 is 11.6 Å². The molecule has 40 heavy (non-hydrogen) atoms. The molecule has 3 aromatic rings. The van der Waals surface area contributed by atoms with Crippen molar-refractivity contribution in [2.24, 2.45) is 5.73 Å². The van der Waals surface area contributed by atoms with Crippen LogP contribution in [0.2, 0.25) is 5.02 Å². The maximum atomic E-state index is 13.1. The molecule has 1 aromatic heterocycles. The van der Waals surface area contributed by atoms with Gasteiger partial charge in [-0.1, -0.05) is 48.0 Å². The Morgan fingerprint density at radius 2 is 1.65 bits per heavy atom. The van der Waals surface area contributed by atoms with Gasteiger partial charge in [-0.2, -0.15) is 9.35 Å². The summed E-state index contributed by atoms with van der Waals surface area (Å²) in [7, 11) is 4.56. The van der Waals surface area contributed by atoms with Crippen LogP contribution < -0.4 is 38.5 Å². The lowest BCUT2D eigenvalue weighted by Gasteiger charge is -2.19. The zero-order valence-corrected chi connectivity index (χ0v) is 23.1. The number of hydrogen-bond donors (Lipinski definition) is 5. The number of rotatable bonds is 10. The lowest BCUT2D eigenvalue weighted by molar-refractivity contribution is -0.159. The van der Waals surface area contributed by atoms with E-state index in [9.17, 15) is 24.0 Å². The van der Waals surface area contributed by atoms with Crippen LogP contribution in [-0.2, 0) is 27.3 Å². The second-order valence-electron chi connectivity index (χ2n) is 8.50. The molecule has 13 nitrogen and oxygen atoms in total. The van der Waals surface area contributed by atoms with E-state index in [1.807, 2.05) is 0 Å². The molecule has 1 atom stereocenters. The Morgan fingerprint density at radius 3 is 2.20 bits per heavy atom. The van der Waals surface area contributed by atoms with Gasteiger partial charge in [0, 0.05) is 41.0 Å². The van der Waals surface area contributed by atoms with Gasteiger partial charge in [0.05, 0.1) is 16.1 Å². The van der Waals surface area contributed by atoms with Gasteiger partial charge in [0.1, 0.15) is 11.9 Å². The molecule has 0 bridgehead atoms. The van der Waals surface area contributed by atoms with Crippen molar-refractivity contribution in [3.05, 3.63) is 85.0 Å². The molecule has 0 fully saturated rings. The molecule has 0 aliphatic carbocycles. The number of carbonyl (C=O) groups is 3. The van der Waals surface area contributed by atoms with Gasteiger partial charge >= 0.3 is 17.6 Å². The molecule has 14 heteroatoms. The zero-order chi connectivity index (χ0) is 29.6. The summed E-state index contributed by atoms with van der Waals surface area (Å²) in [5, 5.41) is 5.62. The first-order valence-electron chi connectivity index (χ1n) is 12.1. The molecule has 0 saturated heterocycles. The van der Waals surface area contributed by atoms with Gasteiger partial charge < -0.3 is 32.0 Å². The maximum Gasteiger partial charge on any atom is 0.370 e. The van der Waals surface area contributed by atoms with E-state index in [2.05, 4.69) is 21.5 Å². The van der Waals surface area contributed by atoms with E-state index in [0.29, 0.717) is 16.7 Å². The third-order valence-corrected chi connectivity index (χ3v) is 6.32. The number of carbonyl (C=O) groups excluding carboxylic acids is 3. The molecule has 3 rings (SSSR count). The van der Waals surface area contributed by atoms with Crippen LogP contribution in [0.4, 0.5) is 5.82 Å².